The molecule has 1 aliphatic rings. The van der Waals surface area contributed by atoms with E-state index in [-0.39, 0.29) is 30.8 Å². The Bertz CT molecular complexity index is 576. The van der Waals surface area contributed by atoms with E-state index in [1.165, 1.54) is 6.92 Å². The van der Waals surface area contributed by atoms with Gasteiger partial charge in [-0.15, -0.1) is 0 Å². The van der Waals surface area contributed by atoms with Gasteiger partial charge in [0, 0.05) is 24.8 Å². The molecule has 7 heteroatoms. The zero-order valence-electron chi connectivity index (χ0n) is 11.9. The fourth-order valence-corrected chi connectivity index (χ4v) is 2.05. The van der Waals surface area contributed by atoms with Crippen LogP contribution in [0.5, 0.6) is 0 Å². The van der Waals surface area contributed by atoms with Crippen molar-refractivity contribution >= 4 is 29.1 Å². The molecule has 3 amide bonds. The topological polar surface area (TPSA) is 99.3 Å². The average Bonchev–Trinajstić information content (AvgIpc) is 2.42. The van der Waals surface area contributed by atoms with Crippen molar-refractivity contribution in [2.45, 2.75) is 19.9 Å². The van der Waals surface area contributed by atoms with Gasteiger partial charge in [0.05, 0.1) is 6.54 Å². The number of piperazine rings is 1. The lowest BCUT2D eigenvalue weighted by Gasteiger charge is -2.23. The first kappa shape index (κ1) is 15.0. The molecular weight excluding hydrogens is 272 g/mol. The molecule has 7 nitrogen and oxygen atoms in total. The highest BCUT2D eigenvalue weighted by Gasteiger charge is 2.23. The molecule has 21 heavy (non-hydrogen) atoms. The molecule has 1 aliphatic heterocycles. The van der Waals surface area contributed by atoms with Gasteiger partial charge in [0.25, 0.3) is 0 Å². The van der Waals surface area contributed by atoms with Crippen LogP contribution in [0.25, 0.3) is 0 Å². The summed E-state index contributed by atoms with van der Waals surface area (Å²) in [6.07, 6.45) is 0. The Morgan fingerprint density at radius 3 is 2.62 bits per heavy atom. The molecule has 1 unspecified atom stereocenters. The molecule has 1 saturated heterocycles. The van der Waals surface area contributed by atoms with E-state index in [0.29, 0.717) is 11.4 Å². The molecule has 0 bridgehead atoms. The minimum absolute atomic E-state index is 0.116. The summed E-state index contributed by atoms with van der Waals surface area (Å²) in [7, 11) is 0. The highest BCUT2D eigenvalue weighted by Crippen LogP contribution is 2.19. The van der Waals surface area contributed by atoms with E-state index < -0.39 is 6.04 Å². The Hall–Kier alpha value is -2.41. The van der Waals surface area contributed by atoms with E-state index in [0.717, 1.165) is 5.56 Å². The zero-order chi connectivity index (χ0) is 15.4. The Morgan fingerprint density at radius 2 is 2.05 bits per heavy atom. The van der Waals surface area contributed by atoms with Gasteiger partial charge >= 0.3 is 0 Å². The van der Waals surface area contributed by atoms with Gasteiger partial charge in [0.15, 0.2) is 0 Å². The van der Waals surface area contributed by atoms with Crippen LogP contribution < -0.4 is 21.3 Å². The van der Waals surface area contributed by atoms with Crippen LogP contribution in [-0.2, 0) is 14.4 Å². The fourth-order valence-electron chi connectivity index (χ4n) is 2.05. The van der Waals surface area contributed by atoms with Crippen molar-refractivity contribution in [1.29, 1.82) is 0 Å². The summed E-state index contributed by atoms with van der Waals surface area (Å²) in [6, 6.07) is 4.79. The van der Waals surface area contributed by atoms with Gasteiger partial charge in [0.1, 0.15) is 6.04 Å². The van der Waals surface area contributed by atoms with Crippen LogP contribution in [-0.4, -0.2) is 36.9 Å². The number of hydrogen-bond acceptors (Lipinski definition) is 4. The predicted molar refractivity (Wildman–Crippen MR) is 78.9 cm³/mol. The maximum atomic E-state index is 12.1. The third-order valence-corrected chi connectivity index (χ3v) is 3.13. The number of hydrogen-bond donors (Lipinski definition) is 4. The number of carbonyl (C=O) groups is 3. The van der Waals surface area contributed by atoms with Crippen LogP contribution >= 0.6 is 0 Å². The van der Waals surface area contributed by atoms with E-state index >= 15 is 0 Å². The number of nitrogens with one attached hydrogen (secondary N) is 4. The van der Waals surface area contributed by atoms with E-state index in [1.807, 2.05) is 6.92 Å². The van der Waals surface area contributed by atoms with Crippen LogP contribution in [0.15, 0.2) is 18.2 Å². The molecule has 0 aromatic heterocycles. The summed E-state index contributed by atoms with van der Waals surface area (Å²) in [5.74, 6) is -0.465. The van der Waals surface area contributed by atoms with Crippen molar-refractivity contribution in [3.05, 3.63) is 23.8 Å². The van der Waals surface area contributed by atoms with Crippen molar-refractivity contribution in [2.75, 3.05) is 23.7 Å². The maximum Gasteiger partial charge on any atom is 0.243 e. The van der Waals surface area contributed by atoms with Gasteiger partial charge in [0.2, 0.25) is 17.7 Å². The van der Waals surface area contributed by atoms with E-state index in [1.54, 1.807) is 18.2 Å². The molecule has 2 rings (SSSR count). The quantitative estimate of drug-likeness (QED) is 0.628. The number of anilines is 2. The highest BCUT2D eigenvalue weighted by atomic mass is 16.2. The number of aryl methyl sites for hydroxylation is 1. The molecule has 112 valence electrons. The molecule has 1 atom stereocenters. The normalized spacial score (nSPS) is 17.8. The molecule has 0 saturated carbocycles. The molecule has 0 aliphatic carbocycles. The summed E-state index contributed by atoms with van der Waals surface area (Å²) < 4.78 is 0. The Balaban J connectivity index is 1.99. The Morgan fingerprint density at radius 1 is 1.29 bits per heavy atom. The second-order valence-electron chi connectivity index (χ2n) is 4.94. The number of carbonyl (C=O) groups excluding carboxylic acids is 3. The van der Waals surface area contributed by atoms with E-state index in [4.69, 9.17) is 0 Å². The van der Waals surface area contributed by atoms with Crippen molar-refractivity contribution < 1.29 is 14.4 Å². The molecule has 1 aromatic carbocycles. The van der Waals surface area contributed by atoms with Crippen molar-refractivity contribution in [1.82, 2.24) is 10.6 Å². The van der Waals surface area contributed by atoms with E-state index in [9.17, 15) is 14.4 Å². The fraction of sp³-hybridized carbons (Fsp3) is 0.357. The lowest BCUT2D eigenvalue weighted by atomic mass is 10.1. The summed E-state index contributed by atoms with van der Waals surface area (Å²) in [4.78, 5) is 34.1. The summed E-state index contributed by atoms with van der Waals surface area (Å²) >= 11 is 0. The third-order valence-electron chi connectivity index (χ3n) is 3.13. The molecular formula is C14H18N4O3. The van der Waals surface area contributed by atoms with Crippen LogP contribution in [0.2, 0.25) is 0 Å². The SMILES string of the molecule is CC(=O)Nc1ccc(NC(=O)C2CNC(=O)CN2)cc1C. The Labute approximate surface area is 122 Å². The maximum absolute atomic E-state index is 12.1. The van der Waals surface area contributed by atoms with Crippen molar-refractivity contribution in [3.63, 3.8) is 0 Å². The third kappa shape index (κ3) is 4.03. The summed E-state index contributed by atoms with van der Waals surface area (Å²) in [6.45, 7) is 3.70. The molecule has 1 fully saturated rings. The van der Waals surface area contributed by atoms with Gasteiger partial charge in [-0.2, -0.15) is 0 Å². The van der Waals surface area contributed by atoms with Gasteiger partial charge in [-0.1, -0.05) is 0 Å². The van der Waals surface area contributed by atoms with Crippen LogP contribution in [0, 0.1) is 6.92 Å². The Kier molecular flexibility index (Phi) is 4.54. The summed E-state index contributed by atoms with van der Waals surface area (Å²) in [5.41, 5.74) is 2.21. The van der Waals surface area contributed by atoms with Gasteiger partial charge in [-0.3, -0.25) is 19.7 Å². The second-order valence-corrected chi connectivity index (χ2v) is 4.94. The van der Waals surface area contributed by atoms with Gasteiger partial charge < -0.3 is 16.0 Å². The largest absolute Gasteiger partial charge is 0.353 e. The minimum Gasteiger partial charge on any atom is -0.353 e. The first-order valence-corrected chi connectivity index (χ1v) is 6.65. The second kappa shape index (κ2) is 6.36. The number of rotatable bonds is 3. The monoisotopic (exact) mass is 290 g/mol. The molecule has 1 heterocycles. The van der Waals surface area contributed by atoms with Crippen LogP contribution in [0.3, 0.4) is 0 Å². The summed E-state index contributed by atoms with van der Waals surface area (Å²) in [5, 5.41) is 11.0. The standard InChI is InChI=1S/C14H18N4O3/c1-8-5-10(3-4-11(8)17-9(2)19)18-14(21)12-6-16-13(20)7-15-12/h3-5,12,15H,6-7H2,1-2H3,(H,16,20)(H,17,19)(H,18,21). The zero-order valence-corrected chi connectivity index (χ0v) is 11.9. The first-order valence-electron chi connectivity index (χ1n) is 6.65. The van der Waals surface area contributed by atoms with Gasteiger partial charge in [-0.05, 0) is 30.7 Å². The van der Waals surface area contributed by atoms with Gasteiger partial charge in [-0.25, -0.2) is 0 Å². The van der Waals surface area contributed by atoms with E-state index in [2.05, 4.69) is 21.3 Å². The highest BCUT2D eigenvalue weighted by molar-refractivity contribution is 5.97. The average molecular weight is 290 g/mol. The minimum atomic E-state index is -0.446. The van der Waals surface area contributed by atoms with Crippen molar-refractivity contribution in [2.24, 2.45) is 0 Å². The lowest BCUT2D eigenvalue weighted by Crippen LogP contribution is -2.56. The number of amides is 3. The number of benzene rings is 1. The molecule has 4 N–H and O–H groups in total. The van der Waals surface area contributed by atoms with Crippen molar-refractivity contribution in [3.8, 4) is 0 Å². The molecule has 0 radical (unpaired) electrons. The smallest absolute Gasteiger partial charge is 0.243 e. The predicted octanol–water partition coefficient (Wildman–Crippen LogP) is -0.0201. The van der Waals surface area contributed by atoms with Crippen LogP contribution in [0.1, 0.15) is 12.5 Å². The first-order chi connectivity index (χ1) is 9.95. The molecule has 1 aromatic rings. The lowest BCUT2D eigenvalue weighted by molar-refractivity contribution is -0.124. The molecule has 0 spiro atoms. The van der Waals surface area contributed by atoms with Crippen LogP contribution in [0.4, 0.5) is 11.4 Å².